The van der Waals surface area contributed by atoms with Gasteiger partial charge in [0.2, 0.25) is 0 Å². The Kier molecular flexibility index (Phi) is 4.33. The second kappa shape index (κ2) is 6.18. The van der Waals surface area contributed by atoms with Gasteiger partial charge in [0.1, 0.15) is 0 Å². The molecule has 0 amide bonds. The van der Waals surface area contributed by atoms with Crippen LogP contribution in [0, 0.1) is 12.3 Å². The van der Waals surface area contributed by atoms with Gasteiger partial charge in [0.05, 0.1) is 5.52 Å². The summed E-state index contributed by atoms with van der Waals surface area (Å²) in [6.07, 6.45) is 9.02. The van der Waals surface area contributed by atoms with E-state index in [1.165, 1.54) is 10.9 Å². The molecule has 0 saturated carbocycles. The molecular weight excluding hydrogens is 220 g/mol. The fourth-order valence-electron chi connectivity index (χ4n) is 2.07. The molecular formula is C16H18N2. The highest BCUT2D eigenvalue weighted by molar-refractivity contribution is 5.81. The van der Waals surface area contributed by atoms with Crippen LogP contribution in [-0.4, -0.2) is 11.0 Å². The number of rotatable bonds is 5. The van der Waals surface area contributed by atoms with Crippen molar-refractivity contribution in [3.8, 4) is 12.3 Å². The van der Waals surface area contributed by atoms with Crippen LogP contribution in [0.5, 0.6) is 0 Å². The summed E-state index contributed by atoms with van der Waals surface area (Å²) in [4.78, 5) is 4.45. The number of fused-ring (bicyclic) bond motifs is 1. The molecule has 2 nitrogen and oxygen atoms in total. The van der Waals surface area contributed by atoms with E-state index in [9.17, 15) is 0 Å². The summed E-state index contributed by atoms with van der Waals surface area (Å²) in [7, 11) is 0. The lowest BCUT2D eigenvalue weighted by Crippen LogP contribution is -2.27. The van der Waals surface area contributed by atoms with Gasteiger partial charge >= 0.3 is 0 Å². The number of pyridine rings is 1. The zero-order chi connectivity index (χ0) is 12.8. The molecule has 18 heavy (non-hydrogen) atoms. The zero-order valence-corrected chi connectivity index (χ0v) is 10.7. The van der Waals surface area contributed by atoms with E-state index < -0.39 is 0 Å². The van der Waals surface area contributed by atoms with Crippen LogP contribution in [0.3, 0.4) is 0 Å². The topological polar surface area (TPSA) is 24.9 Å². The van der Waals surface area contributed by atoms with Crippen LogP contribution >= 0.6 is 0 Å². The number of nitrogens with zero attached hydrogens (tertiary/aromatic N) is 1. The third-order valence-electron chi connectivity index (χ3n) is 3.15. The Morgan fingerprint density at radius 2 is 2.17 bits per heavy atom. The van der Waals surface area contributed by atoms with Gasteiger partial charge in [0.15, 0.2) is 0 Å². The fourth-order valence-corrected chi connectivity index (χ4v) is 2.07. The standard InChI is InChI=1S/C16H18N2/c1-3-7-15(4-2)18-12-14-9-5-8-13-10-6-11-17-16(13)14/h1,5-6,8-11,15,18H,4,7,12H2,2H3. The van der Waals surface area contributed by atoms with Crippen molar-refractivity contribution in [2.45, 2.75) is 32.4 Å². The summed E-state index contributed by atoms with van der Waals surface area (Å²) < 4.78 is 0. The quantitative estimate of drug-likeness (QED) is 0.809. The van der Waals surface area contributed by atoms with Crippen LogP contribution in [0.2, 0.25) is 0 Å². The maximum Gasteiger partial charge on any atom is 0.0746 e. The van der Waals surface area contributed by atoms with E-state index in [0.29, 0.717) is 6.04 Å². The molecule has 0 radical (unpaired) electrons. The molecule has 1 aromatic carbocycles. The summed E-state index contributed by atoms with van der Waals surface area (Å²) in [6.45, 7) is 2.96. The number of terminal acetylenes is 1. The first-order chi connectivity index (χ1) is 8.85. The molecule has 0 aliphatic rings. The van der Waals surface area contributed by atoms with Crippen molar-refractivity contribution in [2.24, 2.45) is 0 Å². The van der Waals surface area contributed by atoms with Crippen LogP contribution in [0.25, 0.3) is 10.9 Å². The number of hydrogen-bond acceptors (Lipinski definition) is 2. The molecule has 0 bridgehead atoms. The second-order valence-electron chi connectivity index (χ2n) is 4.39. The minimum absolute atomic E-state index is 0.383. The first-order valence-corrected chi connectivity index (χ1v) is 6.34. The molecule has 1 unspecified atom stereocenters. The monoisotopic (exact) mass is 238 g/mol. The molecule has 1 aromatic heterocycles. The molecule has 0 aliphatic carbocycles. The van der Waals surface area contributed by atoms with Crippen molar-refractivity contribution >= 4 is 10.9 Å². The Morgan fingerprint density at radius 3 is 2.94 bits per heavy atom. The third-order valence-corrected chi connectivity index (χ3v) is 3.15. The van der Waals surface area contributed by atoms with Gasteiger partial charge in [-0.1, -0.05) is 31.2 Å². The molecule has 0 fully saturated rings. The van der Waals surface area contributed by atoms with E-state index in [0.717, 1.165) is 24.9 Å². The predicted molar refractivity (Wildman–Crippen MR) is 76.1 cm³/mol. The van der Waals surface area contributed by atoms with Gasteiger partial charge in [-0.05, 0) is 18.1 Å². The molecule has 2 heteroatoms. The first-order valence-electron chi connectivity index (χ1n) is 6.34. The minimum atomic E-state index is 0.383. The summed E-state index contributed by atoms with van der Waals surface area (Å²) in [5.41, 5.74) is 2.30. The van der Waals surface area contributed by atoms with Gasteiger partial charge in [-0.15, -0.1) is 12.3 Å². The highest BCUT2D eigenvalue weighted by Gasteiger charge is 2.06. The third kappa shape index (κ3) is 2.88. The van der Waals surface area contributed by atoms with Gasteiger partial charge in [0.25, 0.3) is 0 Å². The molecule has 2 rings (SSSR count). The molecule has 0 aliphatic heterocycles. The van der Waals surface area contributed by atoms with E-state index in [1.54, 1.807) is 0 Å². The average molecular weight is 238 g/mol. The Bertz CT molecular complexity index is 549. The van der Waals surface area contributed by atoms with E-state index in [1.807, 2.05) is 12.3 Å². The minimum Gasteiger partial charge on any atom is -0.309 e. The lowest BCUT2D eigenvalue weighted by Gasteiger charge is -2.14. The maximum atomic E-state index is 5.36. The number of nitrogens with one attached hydrogen (secondary N) is 1. The SMILES string of the molecule is C#CCC(CC)NCc1cccc2cccnc12. The largest absolute Gasteiger partial charge is 0.309 e. The van der Waals surface area contributed by atoms with E-state index in [2.05, 4.69) is 47.4 Å². The van der Waals surface area contributed by atoms with Crippen molar-refractivity contribution in [1.29, 1.82) is 0 Å². The molecule has 0 saturated heterocycles. The van der Waals surface area contributed by atoms with Crippen molar-refractivity contribution in [2.75, 3.05) is 0 Å². The Balaban J connectivity index is 2.14. The smallest absolute Gasteiger partial charge is 0.0746 e. The molecule has 1 atom stereocenters. The van der Waals surface area contributed by atoms with E-state index in [4.69, 9.17) is 6.42 Å². The van der Waals surface area contributed by atoms with Crippen molar-refractivity contribution in [1.82, 2.24) is 10.3 Å². The van der Waals surface area contributed by atoms with Gasteiger partial charge in [-0.25, -0.2) is 0 Å². The van der Waals surface area contributed by atoms with Crippen LogP contribution in [0.1, 0.15) is 25.3 Å². The van der Waals surface area contributed by atoms with Gasteiger partial charge < -0.3 is 5.32 Å². The van der Waals surface area contributed by atoms with Crippen LogP contribution < -0.4 is 5.32 Å². The van der Waals surface area contributed by atoms with E-state index >= 15 is 0 Å². The lowest BCUT2D eigenvalue weighted by molar-refractivity contribution is 0.507. The number of benzene rings is 1. The van der Waals surface area contributed by atoms with Gasteiger partial charge in [-0.3, -0.25) is 4.98 Å². The second-order valence-corrected chi connectivity index (χ2v) is 4.39. The van der Waals surface area contributed by atoms with E-state index in [-0.39, 0.29) is 0 Å². The Morgan fingerprint density at radius 1 is 1.33 bits per heavy atom. The van der Waals surface area contributed by atoms with Crippen LogP contribution in [-0.2, 0) is 6.54 Å². The normalized spacial score (nSPS) is 12.2. The molecule has 2 aromatic rings. The van der Waals surface area contributed by atoms with Crippen LogP contribution in [0.4, 0.5) is 0 Å². The molecule has 1 N–H and O–H groups in total. The summed E-state index contributed by atoms with van der Waals surface area (Å²) in [5, 5.41) is 4.68. The first kappa shape index (κ1) is 12.6. The fraction of sp³-hybridized carbons (Fsp3) is 0.312. The molecule has 1 heterocycles. The summed E-state index contributed by atoms with van der Waals surface area (Å²) >= 11 is 0. The lowest BCUT2D eigenvalue weighted by atomic mass is 10.1. The molecule has 0 spiro atoms. The van der Waals surface area contributed by atoms with Gasteiger partial charge in [0, 0.05) is 30.6 Å². The zero-order valence-electron chi connectivity index (χ0n) is 10.7. The molecule has 92 valence electrons. The van der Waals surface area contributed by atoms with Crippen LogP contribution in [0.15, 0.2) is 36.5 Å². The highest BCUT2D eigenvalue weighted by atomic mass is 14.9. The van der Waals surface area contributed by atoms with Crippen molar-refractivity contribution in [3.63, 3.8) is 0 Å². The number of hydrogen-bond donors (Lipinski definition) is 1. The predicted octanol–water partition coefficient (Wildman–Crippen LogP) is 3.13. The van der Waals surface area contributed by atoms with Gasteiger partial charge in [-0.2, -0.15) is 0 Å². The highest BCUT2D eigenvalue weighted by Crippen LogP contribution is 2.16. The summed E-state index contributed by atoms with van der Waals surface area (Å²) in [5.74, 6) is 2.71. The Labute approximate surface area is 108 Å². The van der Waals surface area contributed by atoms with Crippen molar-refractivity contribution < 1.29 is 0 Å². The number of para-hydroxylation sites is 1. The summed E-state index contributed by atoms with van der Waals surface area (Å²) in [6, 6.07) is 10.7. The maximum absolute atomic E-state index is 5.36. The Hall–Kier alpha value is -1.85. The van der Waals surface area contributed by atoms with Crippen molar-refractivity contribution in [3.05, 3.63) is 42.1 Å². The average Bonchev–Trinajstić information content (AvgIpc) is 2.43. The number of aromatic nitrogens is 1.